The number of carbonyl (C=O) groups excluding carboxylic acids is 1. The molecule has 0 bridgehead atoms. The monoisotopic (exact) mass is 483 g/mol. The Morgan fingerprint density at radius 1 is 1.11 bits per heavy atom. The number of benzene rings is 2. The fourth-order valence-corrected chi connectivity index (χ4v) is 4.89. The third kappa shape index (κ3) is 4.26. The Bertz CT molecular complexity index is 1300. The number of amides is 1. The van der Waals surface area contributed by atoms with Crippen molar-refractivity contribution < 1.29 is 27.4 Å². The van der Waals surface area contributed by atoms with E-state index in [2.05, 4.69) is 4.98 Å². The highest BCUT2D eigenvalue weighted by atomic mass is 19.2. The number of imidazole rings is 1. The van der Waals surface area contributed by atoms with Crippen molar-refractivity contribution >= 4 is 12.0 Å². The zero-order valence-corrected chi connectivity index (χ0v) is 19.3. The Kier molecular flexibility index (Phi) is 6.00. The third-order valence-electron chi connectivity index (χ3n) is 6.50. The van der Waals surface area contributed by atoms with Gasteiger partial charge in [0.05, 0.1) is 36.9 Å². The molecule has 3 aromatic rings. The highest BCUT2D eigenvalue weighted by Crippen LogP contribution is 2.40. The first-order valence-corrected chi connectivity index (χ1v) is 11.3. The number of halogens is 3. The van der Waals surface area contributed by atoms with Gasteiger partial charge in [-0.25, -0.2) is 18.2 Å². The molecule has 3 heterocycles. The Balaban J connectivity index is 1.48. The van der Waals surface area contributed by atoms with Gasteiger partial charge in [-0.05, 0) is 67.7 Å². The molecule has 5 rings (SSSR count). The molecule has 2 aromatic carbocycles. The second kappa shape index (κ2) is 9.13. The highest BCUT2D eigenvalue weighted by molar-refractivity contribution is 5.80. The quantitative estimate of drug-likeness (QED) is 0.485. The van der Waals surface area contributed by atoms with Crippen molar-refractivity contribution in [2.45, 2.75) is 38.3 Å². The summed E-state index contributed by atoms with van der Waals surface area (Å²) in [5, 5.41) is 0. The number of nitrogens with zero attached hydrogens (tertiary/aromatic N) is 3. The molecule has 2 atom stereocenters. The lowest BCUT2D eigenvalue weighted by Gasteiger charge is -2.45. The number of aromatic nitrogens is 2. The van der Waals surface area contributed by atoms with Crippen molar-refractivity contribution in [3.05, 3.63) is 82.9 Å². The molecule has 0 saturated carbocycles. The number of carbonyl (C=O) groups is 1. The summed E-state index contributed by atoms with van der Waals surface area (Å²) >= 11 is 0. The second-order valence-corrected chi connectivity index (χ2v) is 8.75. The van der Waals surface area contributed by atoms with Crippen molar-refractivity contribution in [1.29, 1.82) is 0 Å². The number of hydrogen-bond acceptors (Lipinski definition) is 4. The zero-order valence-electron chi connectivity index (χ0n) is 19.3. The lowest BCUT2D eigenvalue weighted by molar-refractivity contribution is -0.148. The van der Waals surface area contributed by atoms with Crippen LogP contribution in [0, 0.1) is 24.4 Å². The van der Waals surface area contributed by atoms with Crippen molar-refractivity contribution in [3.8, 4) is 11.4 Å². The Morgan fingerprint density at radius 3 is 2.54 bits per heavy atom. The minimum absolute atomic E-state index is 0.186. The molecule has 1 aromatic heterocycles. The first kappa shape index (κ1) is 23.0. The van der Waals surface area contributed by atoms with E-state index in [1.807, 2.05) is 42.0 Å². The van der Waals surface area contributed by atoms with Gasteiger partial charge in [-0.15, -0.1) is 0 Å². The summed E-state index contributed by atoms with van der Waals surface area (Å²) in [4.78, 5) is 18.7. The van der Waals surface area contributed by atoms with Gasteiger partial charge in [-0.1, -0.05) is 6.07 Å². The van der Waals surface area contributed by atoms with Crippen LogP contribution in [0.3, 0.4) is 0 Å². The van der Waals surface area contributed by atoms with E-state index in [-0.39, 0.29) is 18.1 Å². The van der Waals surface area contributed by atoms with Gasteiger partial charge in [0.15, 0.2) is 24.1 Å². The van der Waals surface area contributed by atoms with Crippen LogP contribution >= 0.6 is 0 Å². The van der Waals surface area contributed by atoms with Gasteiger partial charge in [0, 0.05) is 6.20 Å². The van der Waals surface area contributed by atoms with Gasteiger partial charge in [0.2, 0.25) is 0 Å². The molecule has 2 saturated heterocycles. The number of aryl methyl sites for hydroxylation is 1. The van der Waals surface area contributed by atoms with Crippen LogP contribution in [0.1, 0.15) is 42.1 Å². The molecular weight excluding hydrogens is 459 g/mol. The first-order chi connectivity index (χ1) is 16.9. The fraction of sp³-hybridized carbons (Fsp3) is 0.308. The smallest absolute Gasteiger partial charge is 0.261 e. The molecular formula is C26H24F3N3O3. The second-order valence-electron chi connectivity index (χ2n) is 8.75. The van der Waals surface area contributed by atoms with Crippen LogP contribution in [0.25, 0.3) is 11.8 Å². The van der Waals surface area contributed by atoms with E-state index in [1.54, 1.807) is 18.3 Å². The molecule has 0 spiro atoms. The lowest BCUT2D eigenvalue weighted by Crippen LogP contribution is -2.51. The van der Waals surface area contributed by atoms with Crippen LogP contribution < -0.4 is 4.74 Å². The number of rotatable bonds is 4. The number of hydrogen-bond donors (Lipinski definition) is 0. The van der Waals surface area contributed by atoms with Gasteiger partial charge in [0.1, 0.15) is 11.5 Å². The molecule has 2 fully saturated rings. The molecule has 0 aliphatic carbocycles. The molecule has 0 radical (unpaired) electrons. The van der Waals surface area contributed by atoms with E-state index in [4.69, 9.17) is 9.47 Å². The van der Waals surface area contributed by atoms with Crippen LogP contribution in [0.5, 0.6) is 5.75 Å². The summed E-state index contributed by atoms with van der Waals surface area (Å²) in [6, 6.07) is 6.67. The van der Waals surface area contributed by atoms with Gasteiger partial charge in [-0.2, -0.15) is 0 Å². The molecule has 182 valence electrons. The standard InChI is InChI=1S/C26H24F3N3O3/c1-15-12-31(14-30-15)21-7-6-16(8-23(21)34-2)9-24-22-5-3-4-20(32(22)25(33)13-35-24)17-10-18(27)26(29)19(28)11-17/h6-12,14,20,22H,3-5,13H2,1-2H3. The number of piperidine rings is 1. The molecule has 0 N–H and O–H groups in total. The molecule has 6 nitrogen and oxygen atoms in total. The summed E-state index contributed by atoms with van der Waals surface area (Å²) in [6.07, 6.45) is 7.33. The molecule has 9 heteroatoms. The van der Waals surface area contributed by atoms with Gasteiger partial charge in [-0.3, -0.25) is 4.79 Å². The van der Waals surface area contributed by atoms with Crippen molar-refractivity contribution in [1.82, 2.24) is 14.5 Å². The minimum atomic E-state index is -1.52. The van der Waals surface area contributed by atoms with Crippen molar-refractivity contribution in [2.24, 2.45) is 0 Å². The maximum atomic E-state index is 13.9. The van der Waals surface area contributed by atoms with Gasteiger partial charge in [0.25, 0.3) is 5.91 Å². The lowest BCUT2D eigenvalue weighted by atomic mass is 9.88. The molecule has 2 aliphatic rings. The topological polar surface area (TPSA) is 56.6 Å². The van der Waals surface area contributed by atoms with Crippen molar-refractivity contribution in [2.75, 3.05) is 13.7 Å². The number of methoxy groups -OCH3 is 1. The average Bonchev–Trinajstić information content (AvgIpc) is 3.29. The summed E-state index contributed by atoms with van der Waals surface area (Å²) in [5.41, 5.74) is 2.76. The van der Waals surface area contributed by atoms with Crippen LogP contribution in [-0.2, 0) is 9.53 Å². The Hall–Kier alpha value is -3.75. The summed E-state index contributed by atoms with van der Waals surface area (Å²) < 4.78 is 54.7. The van der Waals surface area contributed by atoms with E-state index >= 15 is 0 Å². The van der Waals surface area contributed by atoms with E-state index in [9.17, 15) is 18.0 Å². The van der Waals surface area contributed by atoms with Crippen molar-refractivity contribution in [3.63, 3.8) is 0 Å². The largest absolute Gasteiger partial charge is 0.495 e. The SMILES string of the molecule is COc1cc(C=C2OCC(=O)N3C2CCCC3c2cc(F)c(F)c(F)c2)ccc1-n1cnc(C)c1. The first-order valence-electron chi connectivity index (χ1n) is 11.3. The maximum Gasteiger partial charge on any atom is 0.261 e. The Labute approximate surface area is 200 Å². The number of morpholine rings is 1. The Morgan fingerprint density at radius 2 is 1.86 bits per heavy atom. The van der Waals surface area contributed by atoms with E-state index in [0.29, 0.717) is 30.8 Å². The third-order valence-corrected chi connectivity index (χ3v) is 6.50. The van der Waals surface area contributed by atoms with Crippen LogP contribution in [0.4, 0.5) is 13.2 Å². The fourth-order valence-electron chi connectivity index (χ4n) is 4.89. The molecule has 1 amide bonds. The van der Waals surface area contributed by atoms with E-state index in [1.165, 1.54) is 0 Å². The normalized spacial score (nSPS) is 21.1. The average molecular weight is 483 g/mol. The minimum Gasteiger partial charge on any atom is -0.495 e. The van der Waals surface area contributed by atoms with E-state index in [0.717, 1.165) is 29.1 Å². The predicted molar refractivity (Wildman–Crippen MR) is 122 cm³/mol. The summed E-state index contributed by atoms with van der Waals surface area (Å²) in [6.45, 7) is 1.72. The predicted octanol–water partition coefficient (Wildman–Crippen LogP) is 5.10. The van der Waals surface area contributed by atoms with Gasteiger partial charge >= 0.3 is 0 Å². The van der Waals surface area contributed by atoms with Gasteiger partial charge < -0.3 is 18.9 Å². The summed E-state index contributed by atoms with van der Waals surface area (Å²) in [7, 11) is 1.59. The van der Waals surface area contributed by atoms with E-state index < -0.39 is 29.5 Å². The van der Waals surface area contributed by atoms with Crippen LogP contribution in [-0.4, -0.2) is 40.1 Å². The maximum absolute atomic E-state index is 13.9. The van der Waals surface area contributed by atoms with Crippen LogP contribution in [0.2, 0.25) is 0 Å². The molecule has 2 aliphatic heterocycles. The number of fused-ring (bicyclic) bond motifs is 1. The molecule has 35 heavy (non-hydrogen) atoms. The zero-order chi connectivity index (χ0) is 24.7. The molecule has 2 unspecified atom stereocenters. The summed E-state index contributed by atoms with van der Waals surface area (Å²) in [5.74, 6) is -3.09. The highest BCUT2D eigenvalue weighted by Gasteiger charge is 2.41. The number of ether oxygens (including phenoxy) is 2. The van der Waals surface area contributed by atoms with Crippen LogP contribution in [0.15, 0.2) is 48.6 Å².